The molecule has 0 radical (unpaired) electrons. The summed E-state index contributed by atoms with van der Waals surface area (Å²) < 4.78 is 8.05. The third kappa shape index (κ3) is 4.70. The van der Waals surface area contributed by atoms with Gasteiger partial charge in [-0.1, -0.05) is 60.8 Å². The average Bonchev–Trinajstić information content (AvgIpc) is 3.18. The van der Waals surface area contributed by atoms with Gasteiger partial charge in [0.05, 0.1) is 6.61 Å². The van der Waals surface area contributed by atoms with E-state index in [1.165, 1.54) is 32.1 Å². The van der Waals surface area contributed by atoms with E-state index in [0.717, 1.165) is 28.2 Å². The summed E-state index contributed by atoms with van der Waals surface area (Å²) in [5, 5.41) is 10.8. The molecule has 0 amide bonds. The number of thioether (sulfide) groups is 1. The molecule has 1 aromatic heterocycles. The van der Waals surface area contributed by atoms with Crippen molar-refractivity contribution >= 4 is 23.4 Å². The Labute approximate surface area is 175 Å². The number of nitrogens with zero attached hydrogens (tertiary/aromatic N) is 3. The van der Waals surface area contributed by atoms with Gasteiger partial charge in [-0.25, -0.2) is 0 Å². The van der Waals surface area contributed by atoms with Gasteiger partial charge in [0.15, 0.2) is 5.16 Å². The smallest absolute Gasteiger partial charge is 0.195 e. The molecule has 2 aromatic carbocycles. The molecule has 1 aliphatic rings. The van der Waals surface area contributed by atoms with Gasteiger partial charge in [0.1, 0.15) is 11.6 Å². The van der Waals surface area contributed by atoms with Crippen molar-refractivity contribution in [2.24, 2.45) is 0 Å². The summed E-state index contributed by atoms with van der Waals surface area (Å²) in [6.07, 6.45) is 6.30. The van der Waals surface area contributed by atoms with Crippen molar-refractivity contribution in [2.75, 3.05) is 12.4 Å². The summed E-state index contributed by atoms with van der Waals surface area (Å²) in [5.74, 6) is 3.24. The molecular weight excluding hydrogens is 390 g/mol. The molecule has 0 atom stereocenters. The first kappa shape index (κ1) is 19.3. The third-order valence-corrected chi connectivity index (χ3v) is 6.19. The largest absolute Gasteiger partial charge is 0.493 e. The van der Waals surface area contributed by atoms with Crippen molar-refractivity contribution in [3.05, 3.63) is 65.4 Å². The van der Waals surface area contributed by atoms with Crippen LogP contribution in [0.15, 0.2) is 59.8 Å². The van der Waals surface area contributed by atoms with Gasteiger partial charge in [0.25, 0.3) is 0 Å². The molecule has 0 N–H and O–H groups in total. The minimum Gasteiger partial charge on any atom is -0.493 e. The van der Waals surface area contributed by atoms with E-state index in [1.54, 1.807) is 11.8 Å². The standard InChI is InChI=1S/C22H24ClN3OS/c23-18-11-13-20(14-12-18)27-15-16-28-22-25-24-21(17-7-3-1-4-8-17)26(22)19-9-5-2-6-10-19/h2,5-6,9-14,17H,1,3-4,7-8,15-16H2. The van der Waals surface area contributed by atoms with Crippen LogP contribution in [0.5, 0.6) is 5.75 Å². The number of ether oxygens (including phenoxy) is 1. The zero-order chi connectivity index (χ0) is 19.2. The summed E-state index contributed by atoms with van der Waals surface area (Å²) in [6.45, 7) is 0.604. The zero-order valence-corrected chi connectivity index (χ0v) is 17.3. The Hall–Kier alpha value is -1.98. The number of rotatable bonds is 7. The number of hydrogen-bond acceptors (Lipinski definition) is 4. The zero-order valence-electron chi connectivity index (χ0n) is 15.8. The molecule has 0 unspecified atom stereocenters. The normalized spacial score (nSPS) is 14.9. The number of halogens is 1. The van der Waals surface area contributed by atoms with Crippen molar-refractivity contribution in [2.45, 2.75) is 43.2 Å². The molecule has 0 aliphatic heterocycles. The Bertz CT molecular complexity index is 877. The van der Waals surface area contributed by atoms with Crippen LogP contribution in [0.4, 0.5) is 0 Å². The maximum absolute atomic E-state index is 5.92. The lowest BCUT2D eigenvalue weighted by molar-refractivity contribution is 0.344. The van der Waals surface area contributed by atoms with E-state index in [9.17, 15) is 0 Å². The molecule has 0 spiro atoms. The van der Waals surface area contributed by atoms with Crippen molar-refractivity contribution in [1.29, 1.82) is 0 Å². The van der Waals surface area contributed by atoms with Crippen LogP contribution in [-0.2, 0) is 0 Å². The monoisotopic (exact) mass is 413 g/mol. The van der Waals surface area contributed by atoms with Crippen LogP contribution in [-0.4, -0.2) is 27.1 Å². The summed E-state index contributed by atoms with van der Waals surface area (Å²) >= 11 is 7.60. The first-order valence-corrected chi connectivity index (χ1v) is 11.2. The first-order valence-electron chi connectivity index (χ1n) is 9.83. The first-order chi connectivity index (χ1) is 13.8. The van der Waals surface area contributed by atoms with Gasteiger partial charge in [-0.2, -0.15) is 0 Å². The lowest BCUT2D eigenvalue weighted by atomic mass is 9.88. The number of para-hydroxylation sites is 1. The molecule has 3 aromatic rings. The predicted octanol–water partition coefficient (Wildman–Crippen LogP) is 6.14. The highest BCUT2D eigenvalue weighted by molar-refractivity contribution is 7.99. The van der Waals surface area contributed by atoms with E-state index < -0.39 is 0 Å². The van der Waals surface area contributed by atoms with E-state index in [1.807, 2.05) is 30.3 Å². The van der Waals surface area contributed by atoms with Crippen LogP contribution in [0.25, 0.3) is 5.69 Å². The molecule has 0 saturated heterocycles. The van der Waals surface area contributed by atoms with Crippen LogP contribution in [0.3, 0.4) is 0 Å². The fourth-order valence-corrected chi connectivity index (χ4v) is 4.54. The SMILES string of the molecule is Clc1ccc(OCCSc2nnc(C3CCCCC3)n2-c2ccccc2)cc1. The number of hydrogen-bond donors (Lipinski definition) is 0. The van der Waals surface area contributed by atoms with E-state index in [2.05, 4.69) is 39.0 Å². The molecular formula is C22H24ClN3OS. The van der Waals surface area contributed by atoms with Gasteiger partial charge in [-0.15, -0.1) is 10.2 Å². The second-order valence-corrected chi connectivity index (χ2v) is 8.50. The predicted molar refractivity (Wildman–Crippen MR) is 115 cm³/mol. The van der Waals surface area contributed by atoms with Gasteiger partial charge in [-0.3, -0.25) is 4.57 Å². The molecule has 4 rings (SSSR count). The van der Waals surface area contributed by atoms with Gasteiger partial charge in [0.2, 0.25) is 0 Å². The molecule has 28 heavy (non-hydrogen) atoms. The van der Waals surface area contributed by atoms with Gasteiger partial charge >= 0.3 is 0 Å². The summed E-state index contributed by atoms with van der Waals surface area (Å²) in [6, 6.07) is 17.9. The number of aromatic nitrogens is 3. The molecule has 4 nitrogen and oxygen atoms in total. The van der Waals surface area contributed by atoms with Crippen molar-refractivity contribution < 1.29 is 4.74 Å². The maximum Gasteiger partial charge on any atom is 0.195 e. The minimum atomic E-state index is 0.501. The van der Waals surface area contributed by atoms with Gasteiger partial charge < -0.3 is 4.74 Å². The van der Waals surface area contributed by atoms with Crippen LogP contribution in [0.2, 0.25) is 5.02 Å². The minimum absolute atomic E-state index is 0.501. The highest BCUT2D eigenvalue weighted by Gasteiger charge is 2.24. The molecule has 1 aliphatic carbocycles. The lowest BCUT2D eigenvalue weighted by Gasteiger charge is -2.22. The van der Waals surface area contributed by atoms with E-state index in [4.69, 9.17) is 16.3 Å². The highest BCUT2D eigenvalue weighted by Crippen LogP contribution is 2.34. The second kappa shape index (κ2) is 9.48. The molecule has 1 saturated carbocycles. The Morgan fingerprint density at radius 2 is 1.71 bits per heavy atom. The molecule has 6 heteroatoms. The van der Waals surface area contributed by atoms with E-state index in [-0.39, 0.29) is 0 Å². The lowest BCUT2D eigenvalue weighted by Crippen LogP contribution is -2.12. The van der Waals surface area contributed by atoms with Crippen molar-refractivity contribution in [1.82, 2.24) is 14.8 Å². The summed E-state index contributed by atoms with van der Waals surface area (Å²) in [7, 11) is 0. The Kier molecular flexibility index (Phi) is 6.55. The van der Waals surface area contributed by atoms with Crippen LogP contribution in [0.1, 0.15) is 43.8 Å². The molecule has 1 fully saturated rings. The maximum atomic E-state index is 5.92. The Balaban J connectivity index is 1.46. The quantitative estimate of drug-likeness (QED) is 0.344. The molecule has 0 bridgehead atoms. The fourth-order valence-electron chi connectivity index (χ4n) is 3.64. The molecule has 146 valence electrons. The Morgan fingerprint density at radius 3 is 2.46 bits per heavy atom. The van der Waals surface area contributed by atoms with Crippen molar-refractivity contribution in [3.8, 4) is 11.4 Å². The fraction of sp³-hybridized carbons (Fsp3) is 0.364. The van der Waals surface area contributed by atoms with Crippen molar-refractivity contribution in [3.63, 3.8) is 0 Å². The van der Waals surface area contributed by atoms with Crippen LogP contribution < -0.4 is 4.74 Å². The average molecular weight is 414 g/mol. The van der Waals surface area contributed by atoms with Crippen LogP contribution in [0, 0.1) is 0 Å². The second-order valence-electron chi connectivity index (χ2n) is 7.00. The summed E-state index contributed by atoms with van der Waals surface area (Å²) in [5.41, 5.74) is 1.13. The van der Waals surface area contributed by atoms with Gasteiger partial charge in [-0.05, 0) is 49.2 Å². The number of benzene rings is 2. The highest BCUT2D eigenvalue weighted by atomic mass is 35.5. The van der Waals surface area contributed by atoms with E-state index in [0.29, 0.717) is 17.5 Å². The van der Waals surface area contributed by atoms with Crippen LogP contribution >= 0.6 is 23.4 Å². The van der Waals surface area contributed by atoms with E-state index >= 15 is 0 Å². The molecule has 1 heterocycles. The topological polar surface area (TPSA) is 39.9 Å². The summed E-state index contributed by atoms with van der Waals surface area (Å²) in [4.78, 5) is 0. The Morgan fingerprint density at radius 1 is 0.964 bits per heavy atom. The third-order valence-electron chi connectivity index (χ3n) is 5.04. The van der Waals surface area contributed by atoms with Gasteiger partial charge in [0, 0.05) is 22.4 Å².